The summed E-state index contributed by atoms with van der Waals surface area (Å²) in [5.74, 6) is 1.43. The minimum Gasteiger partial charge on any atom is -0.381 e. The standard InChI is InChI=1S/C14H17N3O/c1-9-3-15-14-13(9)2-12(4-16-14)17-5-10-7-18-8-11(10)6-17/h2-4,10-11H,5-8H2,1H3,(H,15,16). The molecule has 0 bridgehead atoms. The number of H-pyrrole nitrogens is 1. The van der Waals surface area contributed by atoms with Crippen LogP contribution in [-0.4, -0.2) is 36.3 Å². The van der Waals surface area contributed by atoms with Crippen molar-refractivity contribution in [1.29, 1.82) is 0 Å². The highest BCUT2D eigenvalue weighted by molar-refractivity contribution is 5.82. The van der Waals surface area contributed by atoms with Gasteiger partial charge in [-0.2, -0.15) is 0 Å². The van der Waals surface area contributed by atoms with Crippen molar-refractivity contribution in [3.8, 4) is 0 Å². The van der Waals surface area contributed by atoms with Crippen LogP contribution in [0.5, 0.6) is 0 Å². The van der Waals surface area contributed by atoms with Gasteiger partial charge in [-0.3, -0.25) is 0 Å². The second kappa shape index (κ2) is 3.72. The Labute approximate surface area is 106 Å². The van der Waals surface area contributed by atoms with E-state index in [0.29, 0.717) is 11.8 Å². The van der Waals surface area contributed by atoms with Crippen LogP contribution in [0.2, 0.25) is 0 Å². The summed E-state index contributed by atoms with van der Waals surface area (Å²) in [5, 5.41) is 1.24. The van der Waals surface area contributed by atoms with Crippen LogP contribution >= 0.6 is 0 Å². The molecule has 4 rings (SSSR count). The Kier molecular flexibility index (Phi) is 2.14. The molecule has 0 amide bonds. The van der Waals surface area contributed by atoms with Gasteiger partial charge in [0.25, 0.3) is 0 Å². The Balaban J connectivity index is 1.68. The topological polar surface area (TPSA) is 41.2 Å². The fraction of sp³-hybridized carbons (Fsp3) is 0.500. The molecule has 2 aromatic rings. The molecule has 0 aromatic carbocycles. The smallest absolute Gasteiger partial charge is 0.137 e. The highest BCUT2D eigenvalue weighted by atomic mass is 16.5. The molecular formula is C14H17N3O. The van der Waals surface area contributed by atoms with Crippen LogP contribution < -0.4 is 4.90 Å². The zero-order valence-electron chi connectivity index (χ0n) is 10.5. The summed E-state index contributed by atoms with van der Waals surface area (Å²) < 4.78 is 5.53. The third-order valence-electron chi connectivity index (χ3n) is 4.33. The van der Waals surface area contributed by atoms with Gasteiger partial charge in [0, 0.05) is 36.5 Å². The van der Waals surface area contributed by atoms with Gasteiger partial charge in [0.2, 0.25) is 0 Å². The number of pyridine rings is 1. The Hall–Kier alpha value is -1.55. The number of ether oxygens (including phenoxy) is 1. The third-order valence-corrected chi connectivity index (χ3v) is 4.33. The molecule has 0 radical (unpaired) electrons. The maximum atomic E-state index is 5.53. The maximum Gasteiger partial charge on any atom is 0.137 e. The second-order valence-electron chi connectivity index (χ2n) is 5.52. The van der Waals surface area contributed by atoms with Crippen molar-refractivity contribution < 1.29 is 4.74 Å². The van der Waals surface area contributed by atoms with E-state index < -0.39 is 0 Å². The van der Waals surface area contributed by atoms with Crippen molar-refractivity contribution in [2.45, 2.75) is 6.92 Å². The van der Waals surface area contributed by atoms with E-state index in [4.69, 9.17) is 4.74 Å². The number of fused-ring (bicyclic) bond motifs is 2. The highest BCUT2D eigenvalue weighted by Crippen LogP contribution is 2.33. The summed E-state index contributed by atoms with van der Waals surface area (Å²) in [5.41, 5.74) is 3.50. The van der Waals surface area contributed by atoms with Gasteiger partial charge in [-0.05, 0) is 18.6 Å². The Morgan fingerprint density at radius 1 is 1.33 bits per heavy atom. The number of aryl methyl sites for hydroxylation is 1. The van der Waals surface area contributed by atoms with Gasteiger partial charge in [0.05, 0.1) is 25.1 Å². The number of anilines is 1. The first-order valence-electron chi connectivity index (χ1n) is 6.57. The Bertz CT molecular complexity index is 580. The molecule has 2 saturated heterocycles. The summed E-state index contributed by atoms with van der Waals surface area (Å²) in [6.45, 7) is 6.21. The van der Waals surface area contributed by atoms with Crippen molar-refractivity contribution in [2.24, 2.45) is 11.8 Å². The van der Waals surface area contributed by atoms with Crippen LogP contribution in [0.3, 0.4) is 0 Å². The number of aromatic amines is 1. The van der Waals surface area contributed by atoms with Crippen LogP contribution in [0.15, 0.2) is 18.5 Å². The van der Waals surface area contributed by atoms with Crippen LogP contribution in [-0.2, 0) is 4.74 Å². The summed E-state index contributed by atoms with van der Waals surface area (Å²) >= 11 is 0. The van der Waals surface area contributed by atoms with Crippen LogP contribution in [0.1, 0.15) is 5.56 Å². The SMILES string of the molecule is Cc1c[nH]c2ncc(N3CC4COCC4C3)cc12. The lowest BCUT2D eigenvalue weighted by molar-refractivity contribution is 0.177. The molecule has 2 fully saturated rings. The van der Waals surface area contributed by atoms with Gasteiger partial charge < -0.3 is 14.6 Å². The summed E-state index contributed by atoms with van der Waals surface area (Å²) in [6, 6.07) is 2.26. The van der Waals surface area contributed by atoms with Gasteiger partial charge in [0.15, 0.2) is 0 Å². The lowest BCUT2D eigenvalue weighted by Gasteiger charge is -2.19. The molecule has 18 heavy (non-hydrogen) atoms. The van der Waals surface area contributed by atoms with Crippen LogP contribution in [0, 0.1) is 18.8 Å². The van der Waals surface area contributed by atoms with E-state index in [1.807, 2.05) is 12.4 Å². The van der Waals surface area contributed by atoms with E-state index in [2.05, 4.69) is 27.9 Å². The second-order valence-corrected chi connectivity index (χ2v) is 5.52. The summed E-state index contributed by atoms with van der Waals surface area (Å²) in [4.78, 5) is 10.2. The van der Waals surface area contributed by atoms with E-state index >= 15 is 0 Å². The molecule has 2 aromatic heterocycles. The molecule has 1 N–H and O–H groups in total. The van der Waals surface area contributed by atoms with Gasteiger partial charge in [-0.25, -0.2) is 4.98 Å². The molecule has 4 heteroatoms. The lowest BCUT2D eigenvalue weighted by Crippen LogP contribution is -2.22. The fourth-order valence-corrected chi connectivity index (χ4v) is 3.19. The van der Waals surface area contributed by atoms with Crippen molar-refractivity contribution in [3.05, 3.63) is 24.0 Å². The van der Waals surface area contributed by atoms with Crippen molar-refractivity contribution in [1.82, 2.24) is 9.97 Å². The monoisotopic (exact) mass is 243 g/mol. The van der Waals surface area contributed by atoms with Crippen molar-refractivity contribution in [2.75, 3.05) is 31.2 Å². The number of nitrogens with one attached hydrogen (secondary N) is 1. The van der Waals surface area contributed by atoms with E-state index in [1.54, 1.807) is 0 Å². The number of aromatic nitrogens is 2. The molecule has 2 unspecified atom stereocenters. The predicted molar refractivity (Wildman–Crippen MR) is 70.8 cm³/mol. The summed E-state index contributed by atoms with van der Waals surface area (Å²) in [6.07, 6.45) is 4.01. The number of rotatable bonds is 1. The lowest BCUT2D eigenvalue weighted by atomic mass is 10.0. The zero-order chi connectivity index (χ0) is 12.1. The van der Waals surface area contributed by atoms with E-state index in [0.717, 1.165) is 32.0 Å². The third kappa shape index (κ3) is 1.45. The maximum absolute atomic E-state index is 5.53. The largest absolute Gasteiger partial charge is 0.381 e. The van der Waals surface area contributed by atoms with Crippen LogP contribution in [0.25, 0.3) is 11.0 Å². The quantitative estimate of drug-likeness (QED) is 0.832. The van der Waals surface area contributed by atoms with Gasteiger partial charge in [-0.15, -0.1) is 0 Å². The van der Waals surface area contributed by atoms with Gasteiger partial charge in [-0.1, -0.05) is 0 Å². The van der Waals surface area contributed by atoms with Gasteiger partial charge >= 0.3 is 0 Å². The highest BCUT2D eigenvalue weighted by Gasteiger charge is 2.37. The fourth-order valence-electron chi connectivity index (χ4n) is 3.19. The molecule has 2 aliphatic rings. The Morgan fingerprint density at radius 2 is 2.11 bits per heavy atom. The van der Waals surface area contributed by atoms with E-state index in [-0.39, 0.29) is 0 Å². The van der Waals surface area contributed by atoms with Crippen LogP contribution in [0.4, 0.5) is 5.69 Å². The molecule has 0 aliphatic carbocycles. The average Bonchev–Trinajstić information content (AvgIpc) is 3.03. The molecule has 4 heterocycles. The number of hydrogen-bond acceptors (Lipinski definition) is 3. The molecular weight excluding hydrogens is 226 g/mol. The van der Waals surface area contributed by atoms with Crippen molar-refractivity contribution >= 4 is 16.7 Å². The molecule has 0 spiro atoms. The predicted octanol–water partition coefficient (Wildman–Crippen LogP) is 1.95. The molecule has 0 saturated carbocycles. The normalized spacial score (nSPS) is 27.1. The van der Waals surface area contributed by atoms with Gasteiger partial charge in [0.1, 0.15) is 5.65 Å². The first-order chi connectivity index (χ1) is 8.81. The first kappa shape index (κ1) is 10.4. The summed E-state index contributed by atoms with van der Waals surface area (Å²) in [7, 11) is 0. The molecule has 94 valence electrons. The molecule has 2 atom stereocenters. The zero-order valence-corrected chi connectivity index (χ0v) is 10.5. The van der Waals surface area contributed by atoms with Crippen molar-refractivity contribution in [3.63, 3.8) is 0 Å². The number of nitrogens with zero attached hydrogens (tertiary/aromatic N) is 2. The average molecular weight is 243 g/mol. The minimum atomic E-state index is 0.716. The molecule has 2 aliphatic heterocycles. The molecule has 4 nitrogen and oxygen atoms in total. The minimum absolute atomic E-state index is 0.716. The number of hydrogen-bond donors (Lipinski definition) is 1. The van der Waals surface area contributed by atoms with E-state index in [9.17, 15) is 0 Å². The van der Waals surface area contributed by atoms with E-state index in [1.165, 1.54) is 16.6 Å². The Morgan fingerprint density at radius 3 is 2.89 bits per heavy atom. The first-order valence-corrected chi connectivity index (χ1v) is 6.57.